The Morgan fingerprint density at radius 3 is 2.65 bits per heavy atom. The van der Waals surface area contributed by atoms with Gasteiger partial charge in [0.15, 0.2) is 0 Å². The van der Waals surface area contributed by atoms with Crippen molar-refractivity contribution in [1.29, 1.82) is 0 Å². The van der Waals surface area contributed by atoms with E-state index in [2.05, 4.69) is 58.1 Å². The number of nitrogens with zero attached hydrogens (tertiary/aromatic N) is 1. The Morgan fingerprint density at radius 2 is 2.12 bits per heavy atom. The van der Waals surface area contributed by atoms with Gasteiger partial charge in [0.1, 0.15) is 0 Å². The first-order chi connectivity index (χ1) is 8.11. The molecule has 2 rings (SSSR count). The fourth-order valence-corrected chi connectivity index (χ4v) is 4.21. The van der Waals surface area contributed by atoms with Crippen molar-refractivity contribution < 1.29 is 4.79 Å². The van der Waals surface area contributed by atoms with Crippen molar-refractivity contribution in [2.75, 3.05) is 10.7 Å². The normalized spacial score (nSPS) is 22.5. The van der Waals surface area contributed by atoms with Crippen molar-refractivity contribution in [3.8, 4) is 0 Å². The first-order valence-corrected chi connectivity index (χ1v) is 8.18. The fourth-order valence-electron chi connectivity index (χ4n) is 1.93. The lowest BCUT2D eigenvalue weighted by molar-refractivity contribution is -0.125. The van der Waals surface area contributed by atoms with E-state index in [-0.39, 0.29) is 17.4 Å². The van der Waals surface area contributed by atoms with E-state index in [4.69, 9.17) is 0 Å². The number of rotatable bonds is 3. The van der Waals surface area contributed by atoms with Gasteiger partial charge in [0.25, 0.3) is 0 Å². The zero-order valence-corrected chi connectivity index (χ0v) is 13.7. The minimum absolute atomic E-state index is 0.0441. The molecule has 0 radical (unpaired) electrons. The fraction of sp³-hybridized carbons (Fsp3) is 0.455. The number of hydrogen-bond donors (Lipinski definition) is 1. The number of alkyl halides is 2. The molecular weight excluding hydrogens is 416 g/mol. The van der Waals surface area contributed by atoms with Crippen LogP contribution < -0.4 is 5.32 Å². The van der Waals surface area contributed by atoms with E-state index in [1.807, 2.05) is 6.07 Å². The second kappa shape index (κ2) is 5.36. The van der Waals surface area contributed by atoms with Crippen molar-refractivity contribution in [2.24, 2.45) is 5.41 Å². The predicted molar refractivity (Wildman–Crippen MR) is 77.5 cm³/mol. The second-order valence-electron chi connectivity index (χ2n) is 4.21. The van der Waals surface area contributed by atoms with Crippen LogP contribution in [-0.2, 0) is 4.79 Å². The smallest absolute Gasteiger partial charge is 0.228 e. The molecule has 0 spiro atoms. The summed E-state index contributed by atoms with van der Waals surface area (Å²) in [6.07, 6.45) is 4.32. The maximum absolute atomic E-state index is 12.0. The summed E-state index contributed by atoms with van der Waals surface area (Å²) < 4.78 is 0.930. The van der Waals surface area contributed by atoms with Crippen molar-refractivity contribution in [3.05, 3.63) is 28.5 Å². The lowest BCUT2D eigenvalue weighted by atomic mass is 9.88. The van der Waals surface area contributed by atoms with Crippen molar-refractivity contribution >= 4 is 53.7 Å². The van der Waals surface area contributed by atoms with Gasteiger partial charge in [-0.05, 0) is 34.0 Å². The third kappa shape index (κ3) is 2.58. The van der Waals surface area contributed by atoms with Gasteiger partial charge in [0, 0.05) is 27.5 Å². The number of aromatic nitrogens is 1. The molecule has 1 aliphatic heterocycles. The van der Waals surface area contributed by atoms with Crippen LogP contribution >= 0.6 is 47.8 Å². The molecular formula is C11H11Br3N2O. The van der Waals surface area contributed by atoms with E-state index in [1.165, 1.54) is 0 Å². The van der Waals surface area contributed by atoms with E-state index >= 15 is 0 Å². The summed E-state index contributed by atoms with van der Waals surface area (Å²) in [5, 5.41) is 4.35. The molecule has 0 aliphatic carbocycles. The molecule has 1 unspecified atom stereocenters. The number of halogens is 3. The number of hydrogen-bond acceptors (Lipinski definition) is 2. The quantitative estimate of drug-likeness (QED) is 0.754. The van der Waals surface area contributed by atoms with Gasteiger partial charge in [-0.1, -0.05) is 31.9 Å². The van der Waals surface area contributed by atoms with Gasteiger partial charge in [-0.3, -0.25) is 9.78 Å². The minimum Gasteiger partial charge on any atom is -0.349 e. The average Bonchev–Trinajstić information content (AvgIpc) is 2.67. The molecule has 1 saturated heterocycles. The molecule has 0 bridgehead atoms. The second-order valence-corrected chi connectivity index (χ2v) is 6.25. The van der Waals surface area contributed by atoms with Gasteiger partial charge in [-0.2, -0.15) is 0 Å². The number of carbonyl (C=O) groups is 1. The summed E-state index contributed by atoms with van der Waals surface area (Å²) in [5.74, 6) is 0.0937. The molecule has 1 aliphatic rings. The monoisotopic (exact) mass is 424 g/mol. The van der Waals surface area contributed by atoms with Gasteiger partial charge >= 0.3 is 0 Å². The summed E-state index contributed by atoms with van der Waals surface area (Å²) in [7, 11) is 0. The summed E-state index contributed by atoms with van der Waals surface area (Å²) in [5.41, 5.74) is 0.684. The highest BCUT2D eigenvalue weighted by atomic mass is 79.9. The minimum atomic E-state index is -0.354. The third-order valence-corrected chi connectivity index (χ3v) is 5.60. The van der Waals surface area contributed by atoms with Crippen LogP contribution in [0.1, 0.15) is 18.0 Å². The van der Waals surface area contributed by atoms with Crippen molar-refractivity contribution in [3.63, 3.8) is 0 Å². The van der Waals surface area contributed by atoms with Crippen LogP contribution in [0.5, 0.6) is 0 Å². The van der Waals surface area contributed by atoms with Crippen LogP contribution in [0.2, 0.25) is 0 Å². The largest absolute Gasteiger partial charge is 0.349 e. The van der Waals surface area contributed by atoms with Gasteiger partial charge in [-0.25, -0.2) is 0 Å². The van der Waals surface area contributed by atoms with Gasteiger partial charge in [0.05, 0.1) is 11.5 Å². The topological polar surface area (TPSA) is 42.0 Å². The molecule has 2 heterocycles. The molecule has 1 atom stereocenters. The highest BCUT2D eigenvalue weighted by molar-refractivity contribution is 9.10. The van der Waals surface area contributed by atoms with Gasteiger partial charge in [-0.15, -0.1) is 0 Å². The summed E-state index contributed by atoms with van der Waals surface area (Å²) in [4.78, 5) is 16.2. The maximum atomic E-state index is 12.0. The lowest BCUT2D eigenvalue weighted by Crippen LogP contribution is -2.34. The summed E-state index contributed by atoms with van der Waals surface area (Å²) in [6, 6.07) is 2.04. The number of pyridine rings is 1. The first-order valence-electron chi connectivity index (χ1n) is 5.14. The Kier molecular flexibility index (Phi) is 4.26. The third-order valence-electron chi connectivity index (χ3n) is 3.02. The van der Waals surface area contributed by atoms with E-state index < -0.39 is 0 Å². The molecule has 1 aromatic heterocycles. The molecule has 0 aromatic carbocycles. The van der Waals surface area contributed by atoms with Crippen LogP contribution in [0.25, 0.3) is 0 Å². The SMILES string of the molecule is O=C1NC(c2cncc(Br)c2)CC1(CBr)CBr. The summed E-state index contributed by atoms with van der Waals surface area (Å²) >= 11 is 10.3. The zero-order chi connectivity index (χ0) is 12.5. The van der Waals surface area contributed by atoms with E-state index in [1.54, 1.807) is 12.4 Å². The van der Waals surface area contributed by atoms with Crippen LogP contribution in [0.4, 0.5) is 0 Å². The van der Waals surface area contributed by atoms with Crippen LogP contribution in [0, 0.1) is 5.41 Å². The van der Waals surface area contributed by atoms with E-state index in [0.717, 1.165) is 16.5 Å². The van der Waals surface area contributed by atoms with Crippen LogP contribution in [-0.4, -0.2) is 21.6 Å². The van der Waals surface area contributed by atoms with Crippen LogP contribution in [0.15, 0.2) is 22.9 Å². The Labute approximate surface area is 125 Å². The predicted octanol–water partition coefficient (Wildman–Crippen LogP) is 3.18. The lowest BCUT2D eigenvalue weighted by Gasteiger charge is -2.20. The maximum Gasteiger partial charge on any atom is 0.228 e. The van der Waals surface area contributed by atoms with E-state index in [0.29, 0.717) is 10.7 Å². The van der Waals surface area contributed by atoms with Gasteiger partial charge in [0.2, 0.25) is 5.91 Å². The summed E-state index contributed by atoms with van der Waals surface area (Å²) in [6.45, 7) is 0. The molecule has 0 saturated carbocycles. The van der Waals surface area contributed by atoms with E-state index in [9.17, 15) is 4.79 Å². The zero-order valence-electron chi connectivity index (χ0n) is 8.92. The molecule has 6 heteroatoms. The standard InChI is InChI=1S/C11H11Br3N2O/c12-5-11(6-13)2-9(16-10(11)17)7-1-8(14)4-15-3-7/h1,3-4,9H,2,5-6H2,(H,16,17). The molecule has 1 fully saturated rings. The first kappa shape index (κ1) is 13.5. The van der Waals surface area contributed by atoms with Crippen molar-refractivity contribution in [2.45, 2.75) is 12.5 Å². The number of amides is 1. The van der Waals surface area contributed by atoms with Crippen molar-refractivity contribution in [1.82, 2.24) is 10.3 Å². The Bertz CT molecular complexity index is 434. The highest BCUT2D eigenvalue weighted by Gasteiger charge is 2.45. The average molecular weight is 427 g/mol. The molecule has 17 heavy (non-hydrogen) atoms. The number of nitrogens with one attached hydrogen (secondary N) is 1. The highest BCUT2D eigenvalue weighted by Crippen LogP contribution is 2.40. The van der Waals surface area contributed by atoms with Gasteiger partial charge < -0.3 is 5.32 Å². The molecule has 92 valence electrons. The Balaban J connectivity index is 2.25. The molecule has 1 amide bonds. The Morgan fingerprint density at radius 1 is 1.41 bits per heavy atom. The Hall–Kier alpha value is 0.0600. The van der Waals surface area contributed by atoms with Crippen LogP contribution in [0.3, 0.4) is 0 Å². The number of carbonyl (C=O) groups excluding carboxylic acids is 1. The molecule has 1 aromatic rings. The molecule has 1 N–H and O–H groups in total. The molecule has 3 nitrogen and oxygen atoms in total.